The summed E-state index contributed by atoms with van der Waals surface area (Å²) in [6.07, 6.45) is 2.75. The summed E-state index contributed by atoms with van der Waals surface area (Å²) < 4.78 is 2.00. The van der Waals surface area contributed by atoms with Gasteiger partial charge < -0.3 is 4.98 Å². The monoisotopic (exact) mass is 390 g/mol. The van der Waals surface area contributed by atoms with Crippen LogP contribution in [-0.2, 0) is 6.42 Å². The Balaban J connectivity index is 1.59. The first-order valence-electron chi connectivity index (χ1n) is 9.32. The van der Waals surface area contributed by atoms with E-state index in [2.05, 4.69) is 47.2 Å². The summed E-state index contributed by atoms with van der Waals surface area (Å²) in [4.78, 5) is 16.2. The standard InChI is InChI=1S/C22H22N4OS/c1-4-16-8-6-10-18-19(12-23-21(16)18)20(27)13-28-22-25-24-15(3)26(22)17-9-5-7-14(2)11-17/h5-12,23H,4,13H2,1-3H3. The molecular formula is C22H22N4OS. The molecule has 0 aliphatic rings. The summed E-state index contributed by atoms with van der Waals surface area (Å²) in [7, 11) is 0. The lowest BCUT2D eigenvalue weighted by molar-refractivity contribution is 0.102. The normalized spacial score (nSPS) is 11.2. The van der Waals surface area contributed by atoms with Crippen LogP contribution < -0.4 is 0 Å². The maximum Gasteiger partial charge on any atom is 0.196 e. The molecule has 28 heavy (non-hydrogen) atoms. The fourth-order valence-corrected chi connectivity index (χ4v) is 4.33. The predicted octanol–water partition coefficient (Wildman–Crippen LogP) is 4.90. The number of fused-ring (bicyclic) bond motifs is 1. The summed E-state index contributed by atoms with van der Waals surface area (Å²) >= 11 is 1.42. The van der Waals surface area contributed by atoms with Gasteiger partial charge in [0.2, 0.25) is 0 Å². The molecule has 142 valence electrons. The van der Waals surface area contributed by atoms with Gasteiger partial charge in [0.15, 0.2) is 10.9 Å². The van der Waals surface area contributed by atoms with E-state index in [9.17, 15) is 4.79 Å². The number of nitrogens with zero attached hydrogens (tertiary/aromatic N) is 3. The number of carbonyl (C=O) groups is 1. The summed E-state index contributed by atoms with van der Waals surface area (Å²) in [5, 5.41) is 10.2. The third kappa shape index (κ3) is 3.36. The first kappa shape index (κ1) is 18.5. The number of nitrogens with one attached hydrogen (secondary N) is 1. The summed E-state index contributed by atoms with van der Waals surface area (Å²) in [5.41, 5.74) is 5.19. The Hall–Kier alpha value is -2.86. The van der Waals surface area contributed by atoms with Crippen LogP contribution in [0.2, 0.25) is 0 Å². The number of benzene rings is 2. The van der Waals surface area contributed by atoms with Gasteiger partial charge in [-0.05, 0) is 43.5 Å². The number of aromatic nitrogens is 4. The lowest BCUT2D eigenvalue weighted by Crippen LogP contribution is -2.04. The maximum atomic E-state index is 12.9. The van der Waals surface area contributed by atoms with E-state index in [0.717, 1.165) is 39.6 Å². The molecular weight excluding hydrogens is 368 g/mol. The van der Waals surface area contributed by atoms with Crippen molar-refractivity contribution in [2.45, 2.75) is 32.3 Å². The molecule has 2 aromatic carbocycles. The SMILES string of the molecule is CCc1cccc2c(C(=O)CSc3nnc(C)n3-c3cccc(C)c3)c[nH]c12. The number of aryl methyl sites for hydroxylation is 3. The van der Waals surface area contributed by atoms with Gasteiger partial charge in [-0.1, -0.05) is 49.0 Å². The van der Waals surface area contributed by atoms with Crippen LogP contribution in [0, 0.1) is 13.8 Å². The first-order valence-corrected chi connectivity index (χ1v) is 10.3. The van der Waals surface area contributed by atoms with Crippen molar-refractivity contribution in [2.24, 2.45) is 0 Å². The van der Waals surface area contributed by atoms with E-state index >= 15 is 0 Å². The van der Waals surface area contributed by atoms with Gasteiger partial charge in [-0.25, -0.2) is 0 Å². The van der Waals surface area contributed by atoms with E-state index in [1.807, 2.05) is 42.0 Å². The smallest absolute Gasteiger partial charge is 0.196 e. The minimum absolute atomic E-state index is 0.0842. The Kier molecular flexibility index (Phi) is 5.05. The Morgan fingerprint density at radius 2 is 1.96 bits per heavy atom. The topological polar surface area (TPSA) is 63.6 Å². The zero-order chi connectivity index (χ0) is 19.7. The number of hydrogen-bond acceptors (Lipinski definition) is 4. The molecule has 2 aromatic heterocycles. The Morgan fingerprint density at radius 1 is 1.14 bits per heavy atom. The van der Waals surface area contributed by atoms with Crippen molar-refractivity contribution >= 4 is 28.4 Å². The van der Waals surface area contributed by atoms with Gasteiger partial charge in [0.1, 0.15) is 5.82 Å². The minimum Gasteiger partial charge on any atom is -0.360 e. The number of Topliss-reactive ketones (excluding diaryl/α,β-unsaturated/α-hetero) is 1. The first-order chi connectivity index (χ1) is 13.6. The average Bonchev–Trinajstić information content (AvgIpc) is 3.29. The number of hydrogen-bond donors (Lipinski definition) is 1. The van der Waals surface area contributed by atoms with Gasteiger partial charge in [-0.3, -0.25) is 9.36 Å². The maximum absolute atomic E-state index is 12.9. The zero-order valence-electron chi connectivity index (χ0n) is 16.2. The zero-order valence-corrected chi connectivity index (χ0v) is 17.0. The highest BCUT2D eigenvalue weighted by Gasteiger charge is 2.17. The molecule has 5 nitrogen and oxygen atoms in total. The number of ketones is 1. The summed E-state index contributed by atoms with van der Waals surface area (Å²) in [6, 6.07) is 14.3. The second-order valence-electron chi connectivity index (χ2n) is 6.81. The number of carbonyl (C=O) groups excluding carboxylic acids is 1. The lowest BCUT2D eigenvalue weighted by Gasteiger charge is -2.09. The van der Waals surface area contributed by atoms with Crippen LogP contribution in [0.1, 0.15) is 34.2 Å². The van der Waals surface area contributed by atoms with Crippen LogP contribution in [0.3, 0.4) is 0 Å². The highest BCUT2D eigenvalue weighted by atomic mass is 32.2. The van der Waals surface area contributed by atoms with Gasteiger partial charge in [-0.15, -0.1) is 10.2 Å². The molecule has 0 fully saturated rings. The van der Waals surface area contributed by atoms with Crippen LogP contribution in [-0.4, -0.2) is 31.3 Å². The third-order valence-corrected chi connectivity index (χ3v) is 5.80. The number of thioether (sulfide) groups is 1. The van der Waals surface area contributed by atoms with E-state index in [-0.39, 0.29) is 5.78 Å². The lowest BCUT2D eigenvalue weighted by atomic mass is 10.1. The van der Waals surface area contributed by atoms with Crippen molar-refractivity contribution in [2.75, 3.05) is 5.75 Å². The quantitative estimate of drug-likeness (QED) is 0.376. The molecule has 4 rings (SSSR count). The Bertz CT molecular complexity index is 1160. The van der Waals surface area contributed by atoms with Crippen LogP contribution in [0.4, 0.5) is 0 Å². The van der Waals surface area contributed by atoms with Crippen LogP contribution in [0.25, 0.3) is 16.6 Å². The number of rotatable bonds is 6. The molecule has 0 aliphatic carbocycles. The van der Waals surface area contributed by atoms with Crippen LogP contribution >= 0.6 is 11.8 Å². The number of H-pyrrole nitrogens is 1. The fourth-order valence-electron chi connectivity index (χ4n) is 3.45. The molecule has 0 saturated heterocycles. The number of aromatic amines is 1. The fraction of sp³-hybridized carbons (Fsp3) is 0.227. The molecule has 0 atom stereocenters. The van der Waals surface area contributed by atoms with Crippen molar-refractivity contribution in [3.05, 3.63) is 71.2 Å². The Morgan fingerprint density at radius 3 is 2.75 bits per heavy atom. The van der Waals surface area contributed by atoms with Gasteiger partial charge >= 0.3 is 0 Å². The summed E-state index contributed by atoms with van der Waals surface area (Å²) in [5.74, 6) is 1.20. The molecule has 2 heterocycles. The molecule has 0 bridgehead atoms. The van der Waals surface area contributed by atoms with Gasteiger partial charge in [-0.2, -0.15) is 0 Å². The molecule has 1 N–H and O–H groups in total. The molecule has 0 aliphatic heterocycles. The molecule has 0 saturated carbocycles. The molecule has 0 radical (unpaired) electrons. The van der Waals surface area contributed by atoms with E-state index in [1.54, 1.807) is 0 Å². The predicted molar refractivity (Wildman–Crippen MR) is 114 cm³/mol. The van der Waals surface area contributed by atoms with Gasteiger partial charge in [0, 0.05) is 28.4 Å². The van der Waals surface area contributed by atoms with Gasteiger partial charge in [0.05, 0.1) is 5.75 Å². The number of para-hydroxylation sites is 1. The van der Waals surface area contributed by atoms with Crippen molar-refractivity contribution in [1.82, 2.24) is 19.7 Å². The van der Waals surface area contributed by atoms with Crippen molar-refractivity contribution in [3.8, 4) is 5.69 Å². The van der Waals surface area contributed by atoms with Crippen LogP contribution in [0.5, 0.6) is 0 Å². The van der Waals surface area contributed by atoms with E-state index < -0.39 is 0 Å². The second kappa shape index (κ2) is 7.64. The average molecular weight is 391 g/mol. The summed E-state index contributed by atoms with van der Waals surface area (Å²) in [6.45, 7) is 6.10. The Labute approximate surface area is 168 Å². The second-order valence-corrected chi connectivity index (χ2v) is 7.75. The van der Waals surface area contributed by atoms with E-state index in [4.69, 9.17) is 0 Å². The van der Waals surface area contributed by atoms with Crippen molar-refractivity contribution < 1.29 is 4.79 Å². The van der Waals surface area contributed by atoms with E-state index in [0.29, 0.717) is 5.75 Å². The van der Waals surface area contributed by atoms with Gasteiger partial charge in [0.25, 0.3) is 0 Å². The van der Waals surface area contributed by atoms with E-state index in [1.165, 1.54) is 22.9 Å². The third-order valence-electron chi connectivity index (χ3n) is 4.87. The van der Waals surface area contributed by atoms with Crippen molar-refractivity contribution in [1.29, 1.82) is 0 Å². The van der Waals surface area contributed by atoms with Crippen LogP contribution in [0.15, 0.2) is 53.8 Å². The van der Waals surface area contributed by atoms with Crippen molar-refractivity contribution in [3.63, 3.8) is 0 Å². The molecule has 6 heteroatoms. The molecule has 0 unspecified atom stereocenters. The largest absolute Gasteiger partial charge is 0.360 e. The molecule has 0 amide bonds. The highest BCUT2D eigenvalue weighted by molar-refractivity contribution is 7.99. The minimum atomic E-state index is 0.0842. The highest BCUT2D eigenvalue weighted by Crippen LogP contribution is 2.26. The molecule has 0 spiro atoms. The molecule has 4 aromatic rings.